The fraction of sp³-hybridized carbons (Fsp3) is 0.684. The third-order valence-corrected chi connectivity index (χ3v) is 5.11. The Morgan fingerprint density at radius 2 is 1.85 bits per heavy atom. The van der Waals surface area contributed by atoms with Crippen molar-refractivity contribution in [2.75, 3.05) is 13.1 Å². The fourth-order valence-electron chi connectivity index (χ4n) is 3.63. The highest BCUT2D eigenvalue weighted by Gasteiger charge is 2.49. The van der Waals surface area contributed by atoms with Gasteiger partial charge in [0.15, 0.2) is 0 Å². The first-order chi connectivity index (χ1) is 9.39. The Bertz CT molecular complexity index is 435. The first kappa shape index (κ1) is 15.6. The van der Waals surface area contributed by atoms with Crippen LogP contribution >= 0.6 is 0 Å². The molecule has 0 aromatic heterocycles. The summed E-state index contributed by atoms with van der Waals surface area (Å²) in [5.74, 6) is 0.852. The van der Waals surface area contributed by atoms with Gasteiger partial charge in [-0.1, -0.05) is 52.0 Å². The molecule has 0 amide bonds. The SMILES string of the molecule is CCCNCC1(c2ccccc2C)CC(C(C)(C)C)C1. The standard InChI is InChI=1S/C19H31N/c1-6-11-20-14-19(12-16(13-19)18(3,4)5)17-10-8-7-9-15(17)2/h7-10,16,20H,6,11-14H2,1-5H3. The van der Waals surface area contributed by atoms with Crippen molar-refractivity contribution in [1.29, 1.82) is 0 Å². The van der Waals surface area contributed by atoms with Crippen molar-refractivity contribution < 1.29 is 0 Å². The Balaban J connectivity index is 2.17. The summed E-state index contributed by atoms with van der Waals surface area (Å²) in [6.45, 7) is 13.9. The topological polar surface area (TPSA) is 12.0 Å². The highest BCUT2D eigenvalue weighted by molar-refractivity contribution is 5.36. The summed E-state index contributed by atoms with van der Waals surface area (Å²) in [5.41, 5.74) is 3.84. The molecule has 1 heteroatoms. The Hall–Kier alpha value is -0.820. The van der Waals surface area contributed by atoms with Gasteiger partial charge in [-0.3, -0.25) is 0 Å². The van der Waals surface area contributed by atoms with E-state index in [0.29, 0.717) is 10.8 Å². The number of hydrogen-bond acceptors (Lipinski definition) is 1. The van der Waals surface area contributed by atoms with Gasteiger partial charge in [-0.25, -0.2) is 0 Å². The average Bonchev–Trinajstić information content (AvgIpc) is 2.32. The second kappa shape index (κ2) is 5.89. The van der Waals surface area contributed by atoms with Crippen LogP contribution < -0.4 is 5.32 Å². The van der Waals surface area contributed by atoms with E-state index in [1.54, 1.807) is 5.56 Å². The minimum atomic E-state index is 0.373. The first-order valence-electron chi connectivity index (χ1n) is 8.16. The molecule has 0 spiro atoms. The monoisotopic (exact) mass is 273 g/mol. The Morgan fingerprint density at radius 3 is 2.40 bits per heavy atom. The molecule has 1 aromatic rings. The van der Waals surface area contributed by atoms with E-state index in [4.69, 9.17) is 0 Å². The molecule has 1 nitrogen and oxygen atoms in total. The maximum absolute atomic E-state index is 3.68. The van der Waals surface area contributed by atoms with Crippen molar-refractivity contribution in [2.45, 2.75) is 59.3 Å². The van der Waals surface area contributed by atoms with Gasteiger partial charge < -0.3 is 5.32 Å². The summed E-state index contributed by atoms with van der Waals surface area (Å²) in [6.07, 6.45) is 3.88. The molecule has 1 aromatic carbocycles. The van der Waals surface area contributed by atoms with Crippen molar-refractivity contribution in [3.05, 3.63) is 35.4 Å². The molecule has 0 unspecified atom stereocenters. The zero-order valence-electron chi connectivity index (χ0n) is 13.9. The fourth-order valence-corrected chi connectivity index (χ4v) is 3.63. The molecule has 1 N–H and O–H groups in total. The lowest BCUT2D eigenvalue weighted by Gasteiger charge is -2.54. The lowest BCUT2D eigenvalue weighted by Crippen LogP contribution is -2.52. The molecule has 1 fully saturated rings. The maximum Gasteiger partial charge on any atom is 0.00860 e. The number of rotatable bonds is 5. The summed E-state index contributed by atoms with van der Waals surface area (Å²) >= 11 is 0. The van der Waals surface area contributed by atoms with E-state index >= 15 is 0 Å². The summed E-state index contributed by atoms with van der Waals surface area (Å²) in [5, 5.41) is 3.68. The van der Waals surface area contributed by atoms with Gasteiger partial charge in [0, 0.05) is 12.0 Å². The van der Waals surface area contributed by atoms with E-state index in [0.717, 1.165) is 19.0 Å². The molecule has 0 saturated heterocycles. The molecule has 0 heterocycles. The van der Waals surface area contributed by atoms with Gasteiger partial charge in [0.05, 0.1) is 0 Å². The van der Waals surface area contributed by atoms with E-state index in [1.807, 2.05) is 0 Å². The number of nitrogens with one attached hydrogen (secondary N) is 1. The first-order valence-corrected chi connectivity index (χ1v) is 8.16. The van der Waals surface area contributed by atoms with Crippen LogP contribution in [0.1, 0.15) is 58.1 Å². The number of hydrogen-bond donors (Lipinski definition) is 1. The van der Waals surface area contributed by atoms with Gasteiger partial charge in [0.1, 0.15) is 0 Å². The maximum atomic E-state index is 3.68. The molecular weight excluding hydrogens is 242 g/mol. The Morgan fingerprint density at radius 1 is 1.20 bits per heavy atom. The number of aryl methyl sites for hydroxylation is 1. The summed E-state index contributed by atoms with van der Waals surface area (Å²) < 4.78 is 0. The van der Waals surface area contributed by atoms with Crippen molar-refractivity contribution >= 4 is 0 Å². The van der Waals surface area contributed by atoms with E-state index in [2.05, 4.69) is 64.2 Å². The average molecular weight is 273 g/mol. The second-order valence-corrected chi connectivity index (χ2v) is 7.74. The molecule has 0 aliphatic heterocycles. The quantitative estimate of drug-likeness (QED) is 0.768. The van der Waals surface area contributed by atoms with Crippen LogP contribution in [0.15, 0.2) is 24.3 Å². The van der Waals surface area contributed by atoms with Crippen molar-refractivity contribution in [1.82, 2.24) is 5.32 Å². The van der Waals surface area contributed by atoms with Crippen LogP contribution in [0.3, 0.4) is 0 Å². The molecule has 1 saturated carbocycles. The molecule has 2 rings (SSSR count). The highest BCUT2D eigenvalue weighted by atomic mass is 14.9. The second-order valence-electron chi connectivity index (χ2n) is 7.74. The summed E-state index contributed by atoms with van der Waals surface area (Å²) in [7, 11) is 0. The minimum absolute atomic E-state index is 0.373. The molecule has 0 bridgehead atoms. The van der Waals surface area contributed by atoms with Crippen molar-refractivity contribution in [3.8, 4) is 0 Å². The number of benzene rings is 1. The van der Waals surface area contributed by atoms with Gasteiger partial charge in [0.2, 0.25) is 0 Å². The molecular formula is C19H31N. The third kappa shape index (κ3) is 3.09. The van der Waals surface area contributed by atoms with Gasteiger partial charge in [0.25, 0.3) is 0 Å². The Kier molecular flexibility index (Phi) is 4.59. The molecule has 0 atom stereocenters. The van der Waals surface area contributed by atoms with Crippen LogP contribution in [0.25, 0.3) is 0 Å². The Labute approximate surface area is 125 Å². The summed E-state index contributed by atoms with van der Waals surface area (Å²) in [4.78, 5) is 0. The predicted octanol–water partition coefficient (Wildman–Crippen LogP) is 4.69. The summed E-state index contributed by atoms with van der Waals surface area (Å²) in [6, 6.07) is 8.98. The predicted molar refractivity (Wildman–Crippen MR) is 88.2 cm³/mol. The van der Waals surface area contributed by atoms with Crippen LogP contribution in [-0.2, 0) is 5.41 Å². The largest absolute Gasteiger partial charge is 0.316 e. The molecule has 1 aliphatic rings. The van der Waals surface area contributed by atoms with Crippen molar-refractivity contribution in [2.24, 2.45) is 11.3 Å². The zero-order valence-corrected chi connectivity index (χ0v) is 13.9. The van der Waals surface area contributed by atoms with E-state index < -0.39 is 0 Å². The van der Waals surface area contributed by atoms with Crippen LogP contribution in [0.4, 0.5) is 0 Å². The normalized spacial score (nSPS) is 26.4. The molecule has 0 radical (unpaired) electrons. The van der Waals surface area contributed by atoms with Gasteiger partial charge in [-0.2, -0.15) is 0 Å². The highest BCUT2D eigenvalue weighted by Crippen LogP contribution is 2.54. The molecule has 20 heavy (non-hydrogen) atoms. The van der Waals surface area contributed by atoms with Gasteiger partial charge >= 0.3 is 0 Å². The smallest absolute Gasteiger partial charge is 0.00860 e. The lowest BCUT2D eigenvalue weighted by atomic mass is 9.52. The molecule has 1 aliphatic carbocycles. The molecule has 112 valence electrons. The van der Waals surface area contributed by atoms with E-state index in [1.165, 1.54) is 24.8 Å². The zero-order chi connectivity index (χ0) is 14.8. The third-order valence-electron chi connectivity index (χ3n) is 5.11. The van der Waals surface area contributed by atoms with Gasteiger partial charge in [-0.05, 0) is 55.2 Å². The minimum Gasteiger partial charge on any atom is -0.316 e. The van der Waals surface area contributed by atoms with Crippen LogP contribution in [-0.4, -0.2) is 13.1 Å². The van der Waals surface area contributed by atoms with Crippen LogP contribution in [0, 0.1) is 18.3 Å². The van der Waals surface area contributed by atoms with Gasteiger partial charge in [-0.15, -0.1) is 0 Å². The van der Waals surface area contributed by atoms with E-state index in [-0.39, 0.29) is 0 Å². The van der Waals surface area contributed by atoms with Crippen molar-refractivity contribution in [3.63, 3.8) is 0 Å². The van der Waals surface area contributed by atoms with E-state index in [9.17, 15) is 0 Å². The van der Waals surface area contributed by atoms with Crippen LogP contribution in [0.2, 0.25) is 0 Å². The van der Waals surface area contributed by atoms with Crippen LogP contribution in [0.5, 0.6) is 0 Å². The lowest BCUT2D eigenvalue weighted by molar-refractivity contribution is 0.0446.